The number of hydrogen-bond donors (Lipinski definition) is 1. The van der Waals surface area contributed by atoms with Gasteiger partial charge in [-0.15, -0.1) is 0 Å². The molecule has 0 unspecified atom stereocenters. The van der Waals surface area contributed by atoms with Gasteiger partial charge in [0.1, 0.15) is 6.07 Å². The lowest BCUT2D eigenvalue weighted by atomic mass is 10.1. The summed E-state index contributed by atoms with van der Waals surface area (Å²) >= 11 is 0. The highest BCUT2D eigenvalue weighted by Crippen LogP contribution is 2.21. The van der Waals surface area contributed by atoms with E-state index >= 15 is 0 Å². The fourth-order valence-electron chi connectivity index (χ4n) is 2.05. The fourth-order valence-corrected chi connectivity index (χ4v) is 2.05. The molecule has 0 radical (unpaired) electrons. The highest BCUT2D eigenvalue weighted by Gasteiger charge is 2.09. The van der Waals surface area contributed by atoms with Crippen LogP contribution in [0.4, 0.5) is 0 Å². The van der Waals surface area contributed by atoms with Gasteiger partial charge in [0.05, 0.1) is 16.8 Å². The summed E-state index contributed by atoms with van der Waals surface area (Å²) in [5.41, 5.74) is 2.59. The van der Waals surface area contributed by atoms with Crippen LogP contribution >= 0.6 is 0 Å². The first-order valence-electron chi connectivity index (χ1n) is 5.90. The summed E-state index contributed by atoms with van der Waals surface area (Å²) in [4.78, 5) is 15.4. The summed E-state index contributed by atoms with van der Waals surface area (Å²) in [6.07, 6.45) is 3.57. The van der Waals surface area contributed by atoms with Crippen LogP contribution in [0.2, 0.25) is 0 Å². The molecule has 0 aliphatic carbocycles. The maximum Gasteiger partial charge on any atom is 0.335 e. The van der Waals surface area contributed by atoms with Crippen LogP contribution in [0.25, 0.3) is 16.9 Å². The number of aromatic carboxylic acids is 1. The Bertz CT molecular complexity index is 859. The van der Waals surface area contributed by atoms with E-state index in [1.165, 1.54) is 6.07 Å². The molecule has 0 atom stereocenters. The van der Waals surface area contributed by atoms with Gasteiger partial charge in [-0.3, -0.25) is 0 Å². The number of nitrogens with zero attached hydrogens (tertiary/aromatic N) is 3. The summed E-state index contributed by atoms with van der Waals surface area (Å²) in [5, 5.41) is 18.1. The standard InChI is InChI=1S/C15H9N3O2/c16-8-12-5-2-6-18-9-13(17-14(12)18)10-3-1-4-11(7-10)15(19)20/h1-7,9H,(H,19,20). The molecule has 1 aromatic carbocycles. The zero-order chi connectivity index (χ0) is 14.1. The number of fused-ring (bicyclic) bond motifs is 1. The SMILES string of the molecule is N#Cc1cccn2cc(-c3cccc(C(=O)O)c3)nc12. The van der Waals surface area contributed by atoms with Crippen LogP contribution in [0.5, 0.6) is 0 Å². The van der Waals surface area contributed by atoms with E-state index in [0.29, 0.717) is 22.5 Å². The molecular formula is C15H9N3O2. The molecule has 1 N–H and O–H groups in total. The Morgan fingerprint density at radius 3 is 2.90 bits per heavy atom. The van der Waals surface area contributed by atoms with Crippen LogP contribution in [-0.4, -0.2) is 20.5 Å². The largest absolute Gasteiger partial charge is 0.478 e. The first kappa shape index (κ1) is 11.9. The Morgan fingerprint density at radius 2 is 2.15 bits per heavy atom. The zero-order valence-corrected chi connectivity index (χ0v) is 10.3. The maximum absolute atomic E-state index is 11.0. The molecule has 5 nitrogen and oxygen atoms in total. The van der Waals surface area contributed by atoms with E-state index < -0.39 is 5.97 Å². The number of benzene rings is 1. The topological polar surface area (TPSA) is 78.4 Å². The summed E-state index contributed by atoms with van der Waals surface area (Å²) in [6.45, 7) is 0. The third kappa shape index (κ3) is 1.89. The maximum atomic E-state index is 11.0. The average Bonchev–Trinajstić information content (AvgIpc) is 2.91. The second-order valence-electron chi connectivity index (χ2n) is 4.28. The van der Waals surface area contributed by atoms with Crippen LogP contribution in [0, 0.1) is 11.3 Å². The lowest BCUT2D eigenvalue weighted by Gasteiger charge is -1.98. The van der Waals surface area contributed by atoms with E-state index in [-0.39, 0.29) is 5.56 Å². The van der Waals surface area contributed by atoms with Crippen molar-refractivity contribution >= 4 is 11.6 Å². The highest BCUT2D eigenvalue weighted by molar-refractivity contribution is 5.89. The highest BCUT2D eigenvalue weighted by atomic mass is 16.4. The molecular weight excluding hydrogens is 254 g/mol. The molecule has 20 heavy (non-hydrogen) atoms. The van der Waals surface area contributed by atoms with Crippen molar-refractivity contribution in [2.75, 3.05) is 0 Å². The van der Waals surface area contributed by atoms with Crippen molar-refractivity contribution in [3.63, 3.8) is 0 Å². The Morgan fingerprint density at radius 1 is 1.30 bits per heavy atom. The minimum Gasteiger partial charge on any atom is -0.478 e. The number of carboxylic acid groups (broad SMARTS) is 1. The van der Waals surface area contributed by atoms with Crippen LogP contribution in [0.1, 0.15) is 15.9 Å². The summed E-state index contributed by atoms with van der Waals surface area (Å²) in [7, 11) is 0. The van der Waals surface area contributed by atoms with E-state index in [1.807, 2.05) is 0 Å². The molecule has 5 heteroatoms. The summed E-state index contributed by atoms with van der Waals surface area (Å²) in [6, 6.07) is 12.1. The normalized spacial score (nSPS) is 10.3. The Labute approximate surface area is 114 Å². The number of imidazole rings is 1. The van der Waals surface area contributed by atoms with Crippen molar-refractivity contribution in [1.29, 1.82) is 5.26 Å². The number of nitriles is 1. The number of carboxylic acids is 1. The van der Waals surface area contributed by atoms with Gasteiger partial charge in [0, 0.05) is 18.0 Å². The molecule has 96 valence electrons. The van der Waals surface area contributed by atoms with Crippen molar-refractivity contribution in [1.82, 2.24) is 9.38 Å². The van der Waals surface area contributed by atoms with E-state index in [1.54, 1.807) is 47.1 Å². The summed E-state index contributed by atoms with van der Waals surface area (Å²) in [5.74, 6) is -0.978. The number of pyridine rings is 1. The fraction of sp³-hybridized carbons (Fsp3) is 0. The van der Waals surface area contributed by atoms with E-state index in [9.17, 15) is 4.79 Å². The van der Waals surface area contributed by atoms with Gasteiger partial charge in [0.15, 0.2) is 5.65 Å². The molecule has 0 amide bonds. The predicted octanol–water partition coefficient (Wildman–Crippen LogP) is 2.57. The second-order valence-corrected chi connectivity index (χ2v) is 4.28. The predicted molar refractivity (Wildman–Crippen MR) is 72.3 cm³/mol. The molecule has 0 fully saturated rings. The second kappa shape index (κ2) is 4.52. The molecule has 0 saturated heterocycles. The zero-order valence-electron chi connectivity index (χ0n) is 10.3. The molecule has 0 saturated carbocycles. The van der Waals surface area contributed by atoms with Gasteiger partial charge < -0.3 is 9.51 Å². The summed E-state index contributed by atoms with van der Waals surface area (Å²) < 4.78 is 1.75. The number of carbonyl (C=O) groups is 1. The van der Waals surface area contributed by atoms with Gasteiger partial charge in [-0.25, -0.2) is 9.78 Å². The quantitative estimate of drug-likeness (QED) is 0.770. The third-order valence-electron chi connectivity index (χ3n) is 3.01. The molecule has 0 aliphatic heterocycles. The van der Waals surface area contributed by atoms with Crippen molar-refractivity contribution in [2.24, 2.45) is 0 Å². The monoisotopic (exact) mass is 263 g/mol. The third-order valence-corrected chi connectivity index (χ3v) is 3.01. The first-order valence-corrected chi connectivity index (χ1v) is 5.90. The molecule has 3 rings (SSSR count). The lowest BCUT2D eigenvalue weighted by molar-refractivity contribution is 0.0697. The smallest absolute Gasteiger partial charge is 0.335 e. The molecule has 2 heterocycles. The minimum absolute atomic E-state index is 0.208. The van der Waals surface area contributed by atoms with E-state index in [0.717, 1.165) is 0 Å². The Hall–Kier alpha value is -3.13. The van der Waals surface area contributed by atoms with Crippen LogP contribution in [0.15, 0.2) is 48.8 Å². The van der Waals surface area contributed by atoms with Gasteiger partial charge in [0.25, 0.3) is 0 Å². The van der Waals surface area contributed by atoms with E-state index in [4.69, 9.17) is 10.4 Å². The van der Waals surface area contributed by atoms with E-state index in [2.05, 4.69) is 11.1 Å². The Kier molecular flexibility index (Phi) is 2.70. The van der Waals surface area contributed by atoms with Crippen LogP contribution in [-0.2, 0) is 0 Å². The van der Waals surface area contributed by atoms with Crippen molar-refractivity contribution in [3.8, 4) is 17.3 Å². The van der Waals surface area contributed by atoms with Crippen LogP contribution < -0.4 is 0 Å². The molecule has 0 spiro atoms. The molecule has 2 aromatic heterocycles. The molecule has 3 aromatic rings. The average molecular weight is 263 g/mol. The molecule has 0 bridgehead atoms. The number of rotatable bonds is 2. The van der Waals surface area contributed by atoms with Crippen molar-refractivity contribution in [3.05, 3.63) is 59.9 Å². The van der Waals surface area contributed by atoms with Crippen LogP contribution in [0.3, 0.4) is 0 Å². The van der Waals surface area contributed by atoms with Gasteiger partial charge in [-0.05, 0) is 24.3 Å². The van der Waals surface area contributed by atoms with Crippen molar-refractivity contribution < 1.29 is 9.90 Å². The van der Waals surface area contributed by atoms with Gasteiger partial charge in [-0.1, -0.05) is 12.1 Å². The lowest BCUT2D eigenvalue weighted by Crippen LogP contribution is -1.95. The van der Waals surface area contributed by atoms with Crippen molar-refractivity contribution in [2.45, 2.75) is 0 Å². The Balaban J connectivity index is 2.18. The van der Waals surface area contributed by atoms with Gasteiger partial charge >= 0.3 is 5.97 Å². The van der Waals surface area contributed by atoms with Gasteiger partial charge in [0.2, 0.25) is 0 Å². The minimum atomic E-state index is -0.978. The molecule has 0 aliphatic rings. The number of aromatic nitrogens is 2. The van der Waals surface area contributed by atoms with Gasteiger partial charge in [-0.2, -0.15) is 5.26 Å². The first-order chi connectivity index (χ1) is 9.69. The number of hydrogen-bond acceptors (Lipinski definition) is 3.